The maximum absolute atomic E-state index is 11.1. The van der Waals surface area contributed by atoms with E-state index in [1.807, 2.05) is 13.0 Å². The number of rotatable bonds is 5. The summed E-state index contributed by atoms with van der Waals surface area (Å²) in [6.45, 7) is 6.13. The zero-order valence-electron chi connectivity index (χ0n) is 8.67. The molecule has 0 aliphatic rings. The fourth-order valence-electron chi connectivity index (χ4n) is 0.736. The van der Waals surface area contributed by atoms with Gasteiger partial charge >= 0.3 is 5.97 Å². The first-order valence-corrected chi connectivity index (χ1v) is 4.67. The molecule has 0 rings (SSSR count). The van der Waals surface area contributed by atoms with Gasteiger partial charge in [0.15, 0.2) is 0 Å². The molecule has 13 heavy (non-hydrogen) atoms. The summed E-state index contributed by atoms with van der Waals surface area (Å²) in [6.07, 6.45) is 7.68. The molecule has 2 heteroatoms. The lowest BCUT2D eigenvalue weighted by Gasteiger charge is -2.01. The van der Waals surface area contributed by atoms with Gasteiger partial charge in [-0.15, -0.1) is 0 Å². The summed E-state index contributed by atoms with van der Waals surface area (Å²) in [5, 5.41) is 0. The number of hydrogen-bond donors (Lipinski definition) is 0. The first-order valence-electron chi connectivity index (χ1n) is 4.67. The highest BCUT2D eigenvalue weighted by molar-refractivity contribution is 5.87. The van der Waals surface area contributed by atoms with Crippen LogP contribution in [0.1, 0.15) is 33.6 Å². The van der Waals surface area contributed by atoms with E-state index in [4.69, 9.17) is 4.74 Å². The van der Waals surface area contributed by atoms with Gasteiger partial charge in [0.05, 0.1) is 6.61 Å². The second-order valence-corrected chi connectivity index (χ2v) is 2.78. The Bertz CT molecular complexity index is 202. The van der Waals surface area contributed by atoms with E-state index in [9.17, 15) is 4.79 Å². The largest absolute Gasteiger partial charge is 0.462 e. The molecule has 0 amide bonds. The quantitative estimate of drug-likeness (QED) is 0.283. The Kier molecular flexibility index (Phi) is 6.98. The van der Waals surface area contributed by atoms with Crippen LogP contribution in [0.15, 0.2) is 23.8 Å². The van der Waals surface area contributed by atoms with E-state index < -0.39 is 0 Å². The zero-order valence-corrected chi connectivity index (χ0v) is 8.67. The van der Waals surface area contributed by atoms with E-state index in [1.165, 1.54) is 0 Å². The number of esters is 1. The van der Waals surface area contributed by atoms with Gasteiger partial charge in [-0.05, 0) is 26.7 Å². The molecule has 0 bridgehead atoms. The molecule has 0 aromatic rings. The summed E-state index contributed by atoms with van der Waals surface area (Å²) < 4.78 is 4.98. The first kappa shape index (κ1) is 11.9. The van der Waals surface area contributed by atoms with Crippen molar-refractivity contribution < 1.29 is 9.53 Å². The molecule has 0 aliphatic heterocycles. The van der Waals surface area contributed by atoms with Gasteiger partial charge in [-0.1, -0.05) is 25.2 Å². The monoisotopic (exact) mass is 182 g/mol. The maximum Gasteiger partial charge on any atom is 0.333 e. The van der Waals surface area contributed by atoms with Crippen LogP contribution in [0, 0.1) is 0 Å². The predicted molar refractivity (Wildman–Crippen MR) is 54.4 cm³/mol. The van der Waals surface area contributed by atoms with Crippen molar-refractivity contribution in [2.75, 3.05) is 6.61 Å². The molecule has 0 saturated heterocycles. The van der Waals surface area contributed by atoms with E-state index in [0.29, 0.717) is 12.2 Å². The molecule has 0 atom stereocenters. The first-order chi connectivity index (χ1) is 6.22. The van der Waals surface area contributed by atoms with Gasteiger partial charge in [0, 0.05) is 5.57 Å². The average Bonchev–Trinajstić information content (AvgIpc) is 2.16. The van der Waals surface area contributed by atoms with Crippen molar-refractivity contribution in [3.05, 3.63) is 23.8 Å². The standard InChI is InChI=1S/C11H18O2/c1-4-6-7-8-9-13-11(12)10(3)5-2/h5-7H,4,8-9H2,1-3H3/b7-6+,10-5-. The molecule has 2 nitrogen and oxygen atoms in total. The van der Waals surface area contributed by atoms with Gasteiger partial charge in [-0.25, -0.2) is 4.79 Å². The molecule has 74 valence electrons. The molecule has 0 aliphatic carbocycles. The lowest BCUT2D eigenvalue weighted by Crippen LogP contribution is -2.06. The van der Waals surface area contributed by atoms with Crippen molar-refractivity contribution in [1.29, 1.82) is 0 Å². The highest BCUT2D eigenvalue weighted by Crippen LogP contribution is 1.97. The highest BCUT2D eigenvalue weighted by atomic mass is 16.5. The van der Waals surface area contributed by atoms with E-state index in [1.54, 1.807) is 13.0 Å². The van der Waals surface area contributed by atoms with Crippen LogP contribution >= 0.6 is 0 Å². The summed E-state index contributed by atoms with van der Waals surface area (Å²) in [5.41, 5.74) is 0.666. The van der Waals surface area contributed by atoms with Crippen LogP contribution in [0.4, 0.5) is 0 Å². The Morgan fingerprint density at radius 2 is 2.08 bits per heavy atom. The molecule has 0 radical (unpaired) electrons. The normalized spacial score (nSPS) is 12.1. The van der Waals surface area contributed by atoms with Crippen LogP contribution in [0.5, 0.6) is 0 Å². The van der Waals surface area contributed by atoms with Gasteiger partial charge in [-0.2, -0.15) is 0 Å². The van der Waals surface area contributed by atoms with Crippen molar-refractivity contribution in [1.82, 2.24) is 0 Å². The Morgan fingerprint density at radius 3 is 2.62 bits per heavy atom. The lowest BCUT2D eigenvalue weighted by atomic mass is 10.3. The number of ether oxygens (including phenoxy) is 1. The van der Waals surface area contributed by atoms with Crippen LogP contribution in [-0.4, -0.2) is 12.6 Å². The van der Waals surface area contributed by atoms with Crippen LogP contribution in [0.2, 0.25) is 0 Å². The molecule has 0 fully saturated rings. The summed E-state index contributed by atoms with van der Waals surface area (Å²) in [7, 11) is 0. The minimum absolute atomic E-state index is 0.215. The fourth-order valence-corrected chi connectivity index (χ4v) is 0.736. The Balaban J connectivity index is 3.54. The predicted octanol–water partition coefficient (Wildman–Crippen LogP) is 2.85. The van der Waals surface area contributed by atoms with Crippen molar-refractivity contribution in [2.24, 2.45) is 0 Å². The second-order valence-electron chi connectivity index (χ2n) is 2.78. The summed E-state index contributed by atoms with van der Waals surface area (Å²) in [4.78, 5) is 11.1. The molecule has 0 aromatic heterocycles. The molecule has 0 saturated carbocycles. The van der Waals surface area contributed by atoms with Gasteiger partial charge in [0.1, 0.15) is 0 Å². The zero-order chi connectivity index (χ0) is 10.1. The molecule has 0 heterocycles. The van der Waals surface area contributed by atoms with E-state index >= 15 is 0 Å². The number of allylic oxidation sites excluding steroid dienone is 2. The third kappa shape index (κ3) is 6.14. The molecular weight excluding hydrogens is 164 g/mol. The minimum atomic E-state index is -0.215. The SMILES string of the molecule is C/C=C(/C)C(=O)OCC/C=C/CC. The van der Waals surface area contributed by atoms with Crippen LogP contribution < -0.4 is 0 Å². The number of carbonyl (C=O) groups excluding carboxylic acids is 1. The van der Waals surface area contributed by atoms with E-state index in [0.717, 1.165) is 12.8 Å². The van der Waals surface area contributed by atoms with E-state index in [2.05, 4.69) is 13.0 Å². The highest BCUT2D eigenvalue weighted by Gasteiger charge is 2.01. The third-order valence-electron chi connectivity index (χ3n) is 1.68. The maximum atomic E-state index is 11.1. The average molecular weight is 182 g/mol. The van der Waals surface area contributed by atoms with Crippen LogP contribution in [-0.2, 0) is 9.53 Å². The summed E-state index contributed by atoms with van der Waals surface area (Å²) in [6, 6.07) is 0. The number of carbonyl (C=O) groups is 1. The fraction of sp³-hybridized carbons (Fsp3) is 0.545. The van der Waals surface area contributed by atoms with Crippen molar-refractivity contribution in [3.8, 4) is 0 Å². The van der Waals surface area contributed by atoms with Gasteiger partial charge < -0.3 is 4.74 Å². The van der Waals surface area contributed by atoms with Crippen molar-refractivity contribution in [3.63, 3.8) is 0 Å². The lowest BCUT2D eigenvalue weighted by molar-refractivity contribution is -0.138. The van der Waals surface area contributed by atoms with Gasteiger partial charge in [0.25, 0.3) is 0 Å². The Morgan fingerprint density at radius 1 is 1.38 bits per heavy atom. The Hall–Kier alpha value is -1.05. The molecule has 0 N–H and O–H groups in total. The number of hydrogen-bond acceptors (Lipinski definition) is 2. The van der Waals surface area contributed by atoms with Crippen LogP contribution in [0.3, 0.4) is 0 Å². The van der Waals surface area contributed by atoms with Crippen LogP contribution in [0.25, 0.3) is 0 Å². The van der Waals surface area contributed by atoms with E-state index in [-0.39, 0.29) is 5.97 Å². The van der Waals surface area contributed by atoms with Crippen molar-refractivity contribution >= 4 is 5.97 Å². The minimum Gasteiger partial charge on any atom is -0.462 e. The Labute approximate surface area is 80.3 Å². The molecular formula is C11H18O2. The second kappa shape index (κ2) is 7.59. The van der Waals surface area contributed by atoms with Gasteiger partial charge in [-0.3, -0.25) is 0 Å². The topological polar surface area (TPSA) is 26.3 Å². The molecule has 0 aromatic carbocycles. The molecule has 0 unspecified atom stereocenters. The van der Waals surface area contributed by atoms with Crippen molar-refractivity contribution in [2.45, 2.75) is 33.6 Å². The molecule has 0 spiro atoms. The smallest absolute Gasteiger partial charge is 0.333 e. The summed E-state index contributed by atoms with van der Waals surface area (Å²) in [5.74, 6) is -0.215. The van der Waals surface area contributed by atoms with Gasteiger partial charge in [0.2, 0.25) is 0 Å². The summed E-state index contributed by atoms with van der Waals surface area (Å²) >= 11 is 0. The third-order valence-corrected chi connectivity index (χ3v) is 1.68.